The van der Waals surface area contributed by atoms with Crippen LogP contribution in [0.1, 0.15) is 26.7 Å². The Bertz CT molecular complexity index is 556. The highest BCUT2D eigenvalue weighted by Gasteiger charge is 2.24. The van der Waals surface area contributed by atoms with E-state index >= 15 is 0 Å². The maximum Gasteiger partial charge on any atom is 0.321 e. The molecule has 6 nitrogen and oxygen atoms in total. The van der Waals surface area contributed by atoms with Crippen molar-refractivity contribution in [3.8, 4) is 5.75 Å². The standard InChI is InChI=1S/C13H19NO5S/c1-3-6-12(13(15)16)14-20(17,18)11-8-5-7-10(9-11)19-4-2/h5,7-9,12,14H,3-4,6H2,1-2H3,(H,15,16). The molecular formula is C13H19NO5S. The minimum atomic E-state index is -3.88. The molecule has 0 radical (unpaired) electrons. The molecule has 0 fully saturated rings. The minimum Gasteiger partial charge on any atom is -0.494 e. The van der Waals surface area contributed by atoms with Gasteiger partial charge in [0.1, 0.15) is 11.8 Å². The van der Waals surface area contributed by atoms with E-state index in [2.05, 4.69) is 4.72 Å². The molecule has 0 aliphatic heterocycles. The number of nitrogens with one attached hydrogen (secondary N) is 1. The lowest BCUT2D eigenvalue weighted by molar-refractivity contribution is -0.139. The Morgan fingerprint density at radius 2 is 2.10 bits per heavy atom. The van der Waals surface area contributed by atoms with Crippen LogP contribution in [0.2, 0.25) is 0 Å². The molecule has 1 unspecified atom stereocenters. The van der Waals surface area contributed by atoms with E-state index in [4.69, 9.17) is 9.84 Å². The number of aliphatic carboxylic acids is 1. The fraction of sp³-hybridized carbons (Fsp3) is 0.462. The summed E-state index contributed by atoms with van der Waals surface area (Å²) in [5.41, 5.74) is 0. The predicted molar refractivity (Wildman–Crippen MR) is 74.3 cm³/mol. The van der Waals surface area contributed by atoms with Crippen LogP contribution in [0.15, 0.2) is 29.2 Å². The van der Waals surface area contributed by atoms with E-state index in [-0.39, 0.29) is 11.3 Å². The van der Waals surface area contributed by atoms with Gasteiger partial charge in [0.05, 0.1) is 11.5 Å². The van der Waals surface area contributed by atoms with Gasteiger partial charge in [0.2, 0.25) is 10.0 Å². The van der Waals surface area contributed by atoms with Gasteiger partial charge in [-0.05, 0) is 25.5 Å². The largest absolute Gasteiger partial charge is 0.494 e. The molecule has 0 aliphatic rings. The summed E-state index contributed by atoms with van der Waals surface area (Å²) < 4.78 is 31.7. The molecular weight excluding hydrogens is 282 g/mol. The maximum atomic E-state index is 12.1. The van der Waals surface area contributed by atoms with Crippen LogP contribution in [0, 0.1) is 0 Å². The van der Waals surface area contributed by atoms with E-state index in [1.54, 1.807) is 26.0 Å². The lowest BCUT2D eigenvalue weighted by Crippen LogP contribution is -2.40. The van der Waals surface area contributed by atoms with Crippen molar-refractivity contribution >= 4 is 16.0 Å². The second-order valence-corrected chi connectivity index (χ2v) is 5.92. The zero-order valence-electron chi connectivity index (χ0n) is 11.5. The summed E-state index contributed by atoms with van der Waals surface area (Å²) in [5.74, 6) is -0.755. The number of rotatable bonds is 8. The van der Waals surface area contributed by atoms with Crippen LogP contribution in [-0.2, 0) is 14.8 Å². The first-order valence-corrected chi connectivity index (χ1v) is 7.87. The molecule has 7 heteroatoms. The predicted octanol–water partition coefficient (Wildman–Crippen LogP) is 1.62. The van der Waals surface area contributed by atoms with Crippen LogP contribution in [0.25, 0.3) is 0 Å². The van der Waals surface area contributed by atoms with Crippen LogP contribution in [-0.4, -0.2) is 32.1 Å². The second kappa shape index (κ2) is 7.25. The van der Waals surface area contributed by atoms with Crippen LogP contribution >= 0.6 is 0 Å². The molecule has 0 aromatic heterocycles. The molecule has 1 aromatic carbocycles. The van der Waals surface area contributed by atoms with Gasteiger partial charge in [0.15, 0.2) is 0 Å². The third-order valence-corrected chi connectivity index (χ3v) is 4.07. The van der Waals surface area contributed by atoms with Crippen molar-refractivity contribution in [3.63, 3.8) is 0 Å². The van der Waals surface area contributed by atoms with E-state index in [9.17, 15) is 13.2 Å². The SMILES string of the molecule is CCCC(NS(=O)(=O)c1cccc(OCC)c1)C(=O)O. The van der Waals surface area contributed by atoms with Gasteiger partial charge < -0.3 is 9.84 Å². The summed E-state index contributed by atoms with van der Waals surface area (Å²) in [6.07, 6.45) is 0.804. The van der Waals surface area contributed by atoms with Gasteiger partial charge in [-0.2, -0.15) is 4.72 Å². The summed E-state index contributed by atoms with van der Waals surface area (Å²) in [5, 5.41) is 9.00. The molecule has 0 amide bonds. The highest BCUT2D eigenvalue weighted by atomic mass is 32.2. The maximum absolute atomic E-state index is 12.1. The number of sulfonamides is 1. The van der Waals surface area contributed by atoms with Gasteiger partial charge in [-0.25, -0.2) is 8.42 Å². The Kier molecular flexibility index (Phi) is 5.97. The Hall–Kier alpha value is -1.60. The van der Waals surface area contributed by atoms with Crippen molar-refractivity contribution in [1.29, 1.82) is 0 Å². The smallest absolute Gasteiger partial charge is 0.321 e. The van der Waals surface area contributed by atoms with Crippen molar-refractivity contribution < 1.29 is 23.1 Å². The molecule has 0 saturated heterocycles. The highest BCUT2D eigenvalue weighted by molar-refractivity contribution is 7.89. The molecule has 0 spiro atoms. The molecule has 1 atom stereocenters. The molecule has 0 aliphatic carbocycles. The number of benzene rings is 1. The van der Waals surface area contributed by atoms with E-state index in [0.29, 0.717) is 18.8 Å². The number of ether oxygens (including phenoxy) is 1. The number of carbonyl (C=O) groups is 1. The second-order valence-electron chi connectivity index (χ2n) is 4.21. The van der Waals surface area contributed by atoms with Gasteiger partial charge in [-0.15, -0.1) is 0 Å². The molecule has 1 rings (SSSR count). The average molecular weight is 301 g/mol. The molecule has 1 aromatic rings. The van der Waals surface area contributed by atoms with Crippen molar-refractivity contribution in [2.45, 2.75) is 37.6 Å². The summed E-state index contributed by atoms with van der Waals surface area (Å²) in [6, 6.07) is 4.84. The van der Waals surface area contributed by atoms with E-state index in [1.807, 2.05) is 0 Å². The van der Waals surface area contributed by atoms with Crippen LogP contribution in [0.5, 0.6) is 5.75 Å². The minimum absolute atomic E-state index is 0.00852. The normalized spacial score (nSPS) is 12.9. The van der Waals surface area contributed by atoms with Crippen molar-refractivity contribution in [2.24, 2.45) is 0 Å². The van der Waals surface area contributed by atoms with Crippen molar-refractivity contribution in [2.75, 3.05) is 6.61 Å². The summed E-state index contributed by atoms with van der Waals surface area (Å²) in [4.78, 5) is 11.0. The molecule has 20 heavy (non-hydrogen) atoms. The molecule has 0 bridgehead atoms. The molecule has 0 heterocycles. The quantitative estimate of drug-likeness (QED) is 0.761. The van der Waals surface area contributed by atoms with E-state index < -0.39 is 22.0 Å². The number of hydrogen-bond donors (Lipinski definition) is 2. The Morgan fingerprint density at radius 1 is 1.40 bits per heavy atom. The molecule has 0 saturated carbocycles. The topological polar surface area (TPSA) is 92.7 Å². The van der Waals surface area contributed by atoms with Crippen LogP contribution < -0.4 is 9.46 Å². The summed E-state index contributed by atoms with van der Waals surface area (Å²) >= 11 is 0. The van der Waals surface area contributed by atoms with Gasteiger partial charge in [-0.1, -0.05) is 19.4 Å². The Labute approximate surface area is 118 Å². The lowest BCUT2D eigenvalue weighted by Gasteiger charge is -2.14. The molecule has 112 valence electrons. The summed E-state index contributed by atoms with van der Waals surface area (Å²) in [6.45, 7) is 4.01. The van der Waals surface area contributed by atoms with E-state index in [1.165, 1.54) is 12.1 Å². The Balaban J connectivity index is 2.97. The van der Waals surface area contributed by atoms with Crippen LogP contribution in [0.4, 0.5) is 0 Å². The lowest BCUT2D eigenvalue weighted by atomic mass is 10.2. The molecule has 2 N–H and O–H groups in total. The van der Waals surface area contributed by atoms with Gasteiger partial charge in [0.25, 0.3) is 0 Å². The number of carboxylic acids is 1. The van der Waals surface area contributed by atoms with Gasteiger partial charge >= 0.3 is 5.97 Å². The van der Waals surface area contributed by atoms with Crippen molar-refractivity contribution in [3.05, 3.63) is 24.3 Å². The monoisotopic (exact) mass is 301 g/mol. The van der Waals surface area contributed by atoms with Gasteiger partial charge in [0, 0.05) is 6.07 Å². The van der Waals surface area contributed by atoms with E-state index in [0.717, 1.165) is 0 Å². The third-order valence-electron chi connectivity index (χ3n) is 2.60. The van der Waals surface area contributed by atoms with Crippen LogP contribution in [0.3, 0.4) is 0 Å². The fourth-order valence-electron chi connectivity index (χ4n) is 1.67. The average Bonchev–Trinajstić information content (AvgIpc) is 2.38. The zero-order valence-corrected chi connectivity index (χ0v) is 12.3. The number of carboxylic acid groups (broad SMARTS) is 1. The number of hydrogen-bond acceptors (Lipinski definition) is 4. The highest BCUT2D eigenvalue weighted by Crippen LogP contribution is 2.18. The third kappa shape index (κ3) is 4.50. The fourth-order valence-corrected chi connectivity index (χ4v) is 2.93. The summed E-state index contributed by atoms with van der Waals surface area (Å²) in [7, 11) is -3.88. The first-order chi connectivity index (χ1) is 9.40. The first kappa shape index (κ1) is 16.5. The zero-order chi connectivity index (χ0) is 15.2. The first-order valence-electron chi connectivity index (χ1n) is 6.38. The Morgan fingerprint density at radius 3 is 2.65 bits per heavy atom. The van der Waals surface area contributed by atoms with Gasteiger partial charge in [-0.3, -0.25) is 4.79 Å². The van der Waals surface area contributed by atoms with Crippen molar-refractivity contribution in [1.82, 2.24) is 4.72 Å².